The number of nitrogens with two attached hydrogens (primary N) is 1. The van der Waals surface area contributed by atoms with Crippen molar-refractivity contribution in [3.63, 3.8) is 0 Å². The van der Waals surface area contributed by atoms with Crippen molar-refractivity contribution in [2.24, 2.45) is 7.05 Å². The molecule has 1 aromatic carbocycles. The molecule has 0 aliphatic carbocycles. The Kier molecular flexibility index (Phi) is 3.23. The summed E-state index contributed by atoms with van der Waals surface area (Å²) in [5.74, 6) is 1.04. The third-order valence-corrected chi connectivity index (χ3v) is 2.73. The molecule has 0 saturated carbocycles. The van der Waals surface area contributed by atoms with E-state index in [1.807, 2.05) is 17.8 Å². The highest BCUT2D eigenvalue weighted by Gasteiger charge is 2.07. The summed E-state index contributed by atoms with van der Waals surface area (Å²) in [5.41, 5.74) is 6.95. The van der Waals surface area contributed by atoms with Crippen molar-refractivity contribution >= 4 is 11.5 Å². The van der Waals surface area contributed by atoms with Crippen molar-refractivity contribution in [2.45, 2.75) is 12.8 Å². The zero-order chi connectivity index (χ0) is 12.3. The van der Waals surface area contributed by atoms with Gasteiger partial charge >= 0.3 is 0 Å². The first-order valence-corrected chi connectivity index (χ1v) is 5.52. The van der Waals surface area contributed by atoms with Gasteiger partial charge in [-0.15, -0.1) is 0 Å². The minimum Gasteiger partial charge on any atom is -0.399 e. The second-order valence-electron chi connectivity index (χ2n) is 4.00. The van der Waals surface area contributed by atoms with Gasteiger partial charge < -0.3 is 10.3 Å². The smallest absolute Gasteiger partial charge is 0.163 e. The lowest BCUT2D eigenvalue weighted by molar-refractivity contribution is 0.0982. The number of aryl methyl sites for hydroxylation is 2. The molecule has 0 unspecified atom stereocenters. The van der Waals surface area contributed by atoms with Gasteiger partial charge in [-0.25, -0.2) is 4.98 Å². The molecule has 0 fully saturated rings. The lowest BCUT2D eigenvalue weighted by Crippen LogP contribution is -2.04. The van der Waals surface area contributed by atoms with Crippen LogP contribution in [0.5, 0.6) is 0 Å². The maximum atomic E-state index is 11.9. The Bertz CT molecular complexity index is 514. The molecule has 1 heterocycles. The third kappa shape index (κ3) is 2.72. The van der Waals surface area contributed by atoms with Crippen molar-refractivity contribution in [2.75, 3.05) is 5.73 Å². The number of rotatable bonds is 4. The van der Waals surface area contributed by atoms with Gasteiger partial charge in [-0.1, -0.05) is 0 Å². The van der Waals surface area contributed by atoms with Crippen molar-refractivity contribution in [1.82, 2.24) is 9.55 Å². The van der Waals surface area contributed by atoms with Crippen LogP contribution in [-0.4, -0.2) is 15.3 Å². The summed E-state index contributed by atoms with van der Waals surface area (Å²) in [6, 6.07) is 7.01. The summed E-state index contributed by atoms with van der Waals surface area (Å²) < 4.78 is 1.93. The summed E-state index contributed by atoms with van der Waals surface area (Å²) in [4.78, 5) is 16.1. The molecular formula is C13H15N3O. The van der Waals surface area contributed by atoms with Crippen molar-refractivity contribution in [3.8, 4) is 0 Å². The van der Waals surface area contributed by atoms with Crippen LogP contribution in [0.4, 0.5) is 5.69 Å². The number of anilines is 1. The van der Waals surface area contributed by atoms with Crippen LogP contribution >= 0.6 is 0 Å². The molecule has 0 aliphatic heterocycles. The Balaban J connectivity index is 1.98. The number of hydrogen-bond donors (Lipinski definition) is 1. The first-order valence-electron chi connectivity index (χ1n) is 5.52. The summed E-state index contributed by atoms with van der Waals surface area (Å²) in [6.07, 6.45) is 4.74. The number of carbonyl (C=O) groups is 1. The van der Waals surface area contributed by atoms with Crippen LogP contribution < -0.4 is 5.73 Å². The zero-order valence-corrected chi connectivity index (χ0v) is 9.76. The molecule has 0 spiro atoms. The lowest BCUT2D eigenvalue weighted by Gasteiger charge is -2.02. The van der Waals surface area contributed by atoms with E-state index in [2.05, 4.69) is 4.98 Å². The fourth-order valence-corrected chi connectivity index (χ4v) is 1.68. The van der Waals surface area contributed by atoms with E-state index < -0.39 is 0 Å². The molecule has 17 heavy (non-hydrogen) atoms. The molecule has 88 valence electrons. The fourth-order valence-electron chi connectivity index (χ4n) is 1.68. The molecular weight excluding hydrogens is 214 g/mol. The molecule has 0 atom stereocenters. The maximum absolute atomic E-state index is 11.9. The van der Waals surface area contributed by atoms with Crippen LogP contribution in [0.25, 0.3) is 0 Å². The Hall–Kier alpha value is -2.10. The van der Waals surface area contributed by atoms with Gasteiger partial charge in [0.05, 0.1) is 0 Å². The number of carbonyl (C=O) groups excluding carboxylic acids is 1. The largest absolute Gasteiger partial charge is 0.399 e. The van der Waals surface area contributed by atoms with Crippen LogP contribution in [-0.2, 0) is 13.5 Å². The minimum atomic E-state index is 0.119. The van der Waals surface area contributed by atoms with Crippen LogP contribution in [0.1, 0.15) is 22.6 Å². The predicted molar refractivity (Wildman–Crippen MR) is 66.7 cm³/mol. The van der Waals surface area contributed by atoms with Crippen LogP contribution in [0.3, 0.4) is 0 Å². The van der Waals surface area contributed by atoms with Gasteiger partial charge in [0.25, 0.3) is 0 Å². The summed E-state index contributed by atoms with van der Waals surface area (Å²) in [6.45, 7) is 0. The maximum Gasteiger partial charge on any atom is 0.163 e. The molecule has 4 heteroatoms. The average molecular weight is 229 g/mol. The zero-order valence-electron chi connectivity index (χ0n) is 9.76. The van der Waals surface area contributed by atoms with Crippen molar-refractivity contribution in [1.29, 1.82) is 0 Å². The standard InChI is InChI=1S/C13H15N3O/c1-16-9-8-15-13(16)7-6-12(17)10-2-4-11(14)5-3-10/h2-5,8-9H,6-7,14H2,1H3. The number of benzene rings is 1. The summed E-state index contributed by atoms with van der Waals surface area (Å²) in [7, 11) is 1.93. The van der Waals surface area contributed by atoms with E-state index in [4.69, 9.17) is 5.73 Å². The topological polar surface area (TPSA) is 60.9 Å². The molecule has 2 N–H and O–H groups in total. The number of imidazole rings is 1. The predicted octanol–water partition coefficient (Wildman–Crippen LogP) is 1.82. The Morgan fingerprint density at radius 1 is 1.35 bits per heavy atom. The van der Waals surface area contributed by atoms with E-state index in [0.717, 1.165) is 5.82 Å². The fraction of sp³-hybridized carbons (Fsp3) is 0.231. The second-order valence-corrected chi connectivity index (χ2v) is 4.00. The van der Waals surface area contributed by atoms with Gasteiger partial charge in [0, 0.05) is 43.5 Å². The number of hydrogen-bond acceptors (Lipinski definition) is 3. The average Bonchev–Trinajstić information content (AvgIpc) is 2.73. The molecule has 2 rings (SSSR count). The first-order chi connectivity index (χ1) is 8.16. The normalized spacial score (nSPS) is 10.4. The molecule has 0 aliphatic rings. The Morgan fingerprint density at radius 2 is 2.06 bits per heavy atom. The highest BCUT2D eigenvalue weighted by atomic mass is 16.1. The molecule has 0 radical (unpaired) electrons. The van der Waals surface area contributed by atoms with E-state index in [9.17, 15) is 4.79 Å². The highest BCUT2D eigenvalue weighted by Crippen LogP contribution is 2.09. The SMILES string of the molecule is Cn1ccnc1CCC(=O)c1ccc(N)cc1. The molecule has 0 bridgehead atoms. The van der Waals surface area contributed by atoms with E-state index in [1.165, 1.54) is 0 Å². The van der Waals surface area contributed by atoms with Gasteiger partial charge in [0.15, 0.2) is 5.78 Å². The van der Waals surface area contributed by atoms with Gasteiger partial charge in [0.1, 0.15) is 5.82 Å². The first kappa shape index (κ1) is 11.4. The van der Waals surface area contributed by atoms with Crippen LogP contribution in [0, 0.1) is 0 Å². The molecule has 2 aromatic rings. The second kappa shape index (κ2) is 4.82. The van der Waals surface area contributed by atoms with E-state index in [0.29, 0.717) is 24.1 Å². The van der Waals surface area contributed by atoms with Gasteiger partial charge in [-0.05, 0) is 24.3 Å². The van der Waals surface area contributed by atoms with E-state index in [-0.39, 0.29) is 5.78 Å². The number of nitrogen functional groups attached to an aromatic ring is 1. The van der Waals surface area contributed by atoms with E-state index in [1.54, 1.807) is 30.5 Å². The van der Waals surface area contributed by atoms with Gasteiger partial charge in [0.2, 0.25) is 0 Å². The monoisotopic (exact) mass is 229 g/mol. The van der Waals surface area contributed by atoms with Crippen molar-refractivity contribution < 1.29 is 4.79 Å². The quantitative estimate of drug-likeness (QED) is 0.642. The number of nitrogens with zero attached hydrogens (tertiary/aromatic N) is 2. The molecule has 4 nitrogen and oxygen atoms in total. The van der Waals surface area contributed by atoms with Crippen molar-refractivity contribution in [3.05, 3.63) is 48.0 Å². The number of Topliss-reactive ketones (excluding diaryl/α,β-unsaturated/α-hetero) is 1. The molecule has 0 saturated heterocycles. The summed E-state index contributed by atoms with van der Waals surface area (Å²) in [5, 5.41) is 0. The third-order valence-electron chi connectivity index (χ3n) is 2.73. The number of aromatic nitrogens is 2. The van der Waals surface area contributed by atoms with E-state index >= 15 is 0 Å². The number of ketones is 1. The minimum absolute atomic E-state index is 0.119. The Labute approximate surface area is 100 Å². The Morgan fingerprint density at radius 3 is 2.65 bits per heavy atom. The van der Waals surface area contributed by atoms with Crippen LogP contribution in [0.15, 0.2) is 36.7 Å². The van der Waals surface area contributed by atoms with Crippen LogP contribution in [0.2, 0.25) is 0 Å². The molecule has 0 amide bonds. The summed E-state index contributed by atoms with van der Waals surface area (Å²) >= 11 is 0. The highest BCUT2D eigenvalue weighted by molar-refractivity contribution is 5.96. The lowest BCUT2D eigenvalue weighted by atomic mass is 10.1. The molecule has 1 aromatic heterocycles. The van der Waals surface area contributed by atoms with Gasteiger partial charge in [-0.2, -0.15) is 0 Å². The van der Waals surface area contributed by atoms with Gasteiger partial charge in [-0.3, -0.25) is 4.79 Å².